The van der Waals surface area contributed by atoms with Gasteiger partial charge in [0.25, 0.3) is 0 Å². The van der Waals surface area contributed by atoms with Crippen LogP contribution in [0.5, 0.6) is 0 Å². The van der Waals surface area contributed by atoms with E-state index in [0.29, 0.717) is 4.90 Å². The maximum Gasteiger partial charge on any atom is 0.175 e. The number of rotatable bonds is 2. The fraction of sp³-hybridized carbons (Fsp3) is 0.462. The average molecular weight is 279 g/mol. The Kier molecular flexibility index (Phi) is 2.87. The number of imidazole rings is 1. The van der Waals surface area contributed by atoms with E-state index in [4.69, 9.17) is 5.73 Å². The van der Waals surface area contributed by atoms with Crippen LogP contribution in [0, 0.1) is 0 Å². The summed E-state index contributed by atoms with van der Waals surface area (Å²) in [4.78, 5) is 8.07. The molecule has 0 bridgehead atoms. The number of nitrogens with zero attached hydrogens (tertiary/aromatic N) is 1. The summed E-state index contributed by atoms with van der Waals surface area (Å²) in [6.45, 7) is 0. The van der Waals surface area contributed by atoms with Gasteiger partial charge in [-0.15, -0.1) is 0 Å². The number of sulfone groups is 1. The minimum Gasteiger partial charge on any atom is -0.342 e. The molecule has 0 spiro atoms. The predicted molar refractivity (Wildman–Crippen MR) is 73.8 cm³/mol. The highest BCUT2D eigenvalue weighted by Crippen LogP contribution is 2.32. The first kappa shape index (κ1) is 12.6. The van der Waals surface area contributed by atoms with Gasteiger partial charge in [-0.3, -0.25) is 0 Å². The van der Waals surface area contributed by atoms with Crippen LogP contribution >= 0.6 is 0 Å². The number of H-pyrrole nitrogens is 1. The molecule has 1 fully saturated rings. The molecule has 5 nitrogen and oxygen atoms in total. The van der Waals surface area contributed by atoms with Crippen molar-refractivity contribution in [2.75, 3.05) is 6.26 Å². The van der Waals surface area contributed by atoms with Crippen LogP contribution in [0.4, 0.5) is 0 Å². The van der Waals surface area contributed by atoms with E-state index in [1.807, 2.05) is 0 Å². The molecule has 6 heteroatoms. The van der Waals surface area contributed by atoms with Crippen LogP contribution in [0.25, 0.3) is 11.0 Å². The van der Waals surface area contributed by atoms with Crippen molar-refractivity contribution < 1.29 is 8.42 Å². The molecule has 1 aromatic carbocycles. The lowest BCUT2D eigenvalue weighted by atomic mass is 10.0. The minimum absolute atomic E-state index is 0.148. The molecule has 1 aliphatic rings. The van der Waals surface area contributed by atoms with E-state index in [-0.39, 0.29) is 12.0 Å². The molecular weight excluding hydrogens is 262 g/mol. The van der Waals surface area contributed by atoms with E-state index in [2.05, 4.69) is 9.97 Å². The van der Waals surface area contributed by atoms with E-state index < -0.39 is 9.84 Å². The summed E-state index contributed by atoms with van der Waals surface area (Å²) >= 11 is 0. The van der Waals surface area contributed by atoms with Crippen molar-refractivity contribution in [3.05, 3.63) is 24.0 Å². The van der Waals surface area contributed by atoms with Crippen molar-refractivity contribution >= 4 is 20.9 Å². The van der Waals surface area contributed by atoms with Crippen LogP contribution < -0.4 is 5.73 Å². The number of hydrogen-bond donors (Lipinski definition) is 2. The van der Waals surface area contributed by atoms with E-state index >= 15 is 0 Å². The van der Waals surface area contributed by atoms with Gasteiger partial charge in [-0.05, 0) is 31.0 Å². The summed E-state index contributed by atoms with van der Waals surface area (Å²) in [5.41, 5.74) is 7.63. The van der Waals surface area contributed by atoms with E-state index in [1.54, 1.807) is 18.2 Å². The van der Waals surface area contributed by atoms with Gasteiger partial charge in [0.2, 0.25) is 0 Å². The van der Waals surface area contributed by atoms with Crippen LogP contribution in [0.2, 0.25) is 0 Å². The van der Waals surface area contributed by atoms with Gasteiger partial charge in [-0.1, -0.05) is 6.42 Å². The molecule has 2 unspecified atom stereocenters. The van der Waals surface area contributed by atoms with Gasteiger partial charge in [0.15, 0.2) is 9.84 Å². The summed E-state index contributed by atoms with van der Waals surface area (Å²) < 4.78 is 23.1. The topological polar surface area (TPSA) is 88.8 Å². The second-order valence-electron chi connectivity index (χ2n) is 5.27. The van der Waals surface area contributed by atoms with Crippen LogP contribution in [0.3, 0.4) is 0 Å². The normalized spacial score (nSPS) is 24.1. The number of fused-ring (bicyclic) bond motifs is 1. The first-order chi connectivity index (χ1) is 8.95. The maximum atomic E-state index is 11.5. The lowest BCUT2D eigenvalue weighted by molar-refractivity contribution is 0.588. The highest BCUT2D eigenvalue weighted by Gasteiger charge is 2.28. The van der Waals surface area contributed by atoms with Gasteiger partial charge in [0.1, 0.15) is 5.82 Å². The van der Waals surface area contributed by atoms with Gasteiger partial charge in [0, 0.05) is 18.2 Å². The third kappa shape index (κ3) is 2.26. The van der Waals surface area contributed by atoms with Crippen LogP contribution in [-0.2, 0) is 9.84 Å². The first-order valence-corrected chi connectivity index (χ1v) is 8.29. The van der Waals surface area contributed by atoms with Gasteiger partial charge < -0.3 is 10.7 Å². The maximum absolute atomic E-state index is 11.5. The van der Waals surface area contributed by atoms with Crippen molar-refractivity contribution in [2.45, 2.75) is 36.1 Å². The van der Waals surface area contributed by atoms with Crippen molar-refractivity contribution in [2.24, 2.45) is 5.73 Å². The molecule has 19 heavy (non-hydrogen) atoms. The molecule has 102 valence electrons. The molecule has 2 aromatic rings. The summed E-state index contributed by atoms with van der Waals surface area (Å²) in [5.74, 6) is 1.14. The van der Waals surface area contributed by atoms with Gasteiger partial charge in [0.05, 0.1) is 15.9 Å². The molecule has 1 aliphatic carbocycles. The standard InChI is InChI=1S/C13H17N3O2S/c1-19(17,18)8-5-6-11-12(7-8)16-13(15-11)9-3-2-4-10(9)14/h5-7,9-10H,2-4,14H2,1H3,(H,15,16). The molecule has 1 aromatic heterocycles. The zero-order chi connectivity index (χ0) is 13.6. The van der Waals surface area contributed by atoms with Crippen LogP contribution in [-0.4, -0.2) is 30.7 Å². The van der Waals surface area contributed by atoms with E-state index in [1.165, 1.54) is 6.26 Å². The van der Waals surface area contributed by atoms with Crippen molar-refractivity contribution in [1.29, 1.82) is 0 Å². The highest BCUT2D eigenvalue weighted by atomic mass is 32.2. The lowest BCUT2D eigenvalue weighted by Crippen LogP contribution is -2.23. The summed E-state index contributed by atoms with van der Waals surface area (Å²) in [5, 5.41) is 0. The summed E-state index contributed by atoms with van der Waals surface area (Å²) in [6.07, 6.45) is 4.39. The number of nitrogens with one attached hydrogen (secondary N) is 1. The third-order valence-corrected chi connectivity index (χ3v) is 4.93. The lowest BCUT2D eigenvalue weighted by Gasteiger charge is -2.11. The molecule has 1 heterocycles. The van der Waals surface area contributed by atoms with Gasteiger partial charge in [-0.25, -0.2) is 13.4 Å². The Hall–Kier alpha value is -1.40. The molecule has 1 saturated carbocycles. The monoisotopic (exact) mass is 279 g/mol. The van der Waals surface area contributed by atoms with Gasteiger partial charge >= 0.3 is 0 Å². The van der Waals surface area contributed by atoms with Crippen LogP contribution in [0.1, 0.15) is 31.0 Å². The molecule has 2 atom stereocenters. The number of nitrogens with two attached hydrogens (primary N) is 1. The zero-order valence-electron chi connectivity index (χ0n) is 10.8. The smallest absolute Gasteiger partial charge is 0.175 e. The Morgan fingerprint density at radius 3 is 2.79 bits per heavy atom. The largest absolute Gasteiger partial charge is 0.342 e. The second-order valence-corrected chi connectivity index (χ2v) is 7.29. The van der Waals surface area contributed by atoms with E-state index in [9.17, 15) is 8.42 Å². The van der Waals surface area contributed by atoms with Crippen molar-refractivity contribution in [1.82, 2.24) is 9.97 Å². The number of hydrogen-bond acceptors (Lipinski definition) is 4. The van der Waals surface area contributed by atoms with Crippen molar-refractivity contribution in [3.8, 4) is 0 Å². The predicted octanol–water partition coefficient (Wildman–Crippen LogP) is 1.56. The fourth-order valence-electron chi connectivity index (χ4n) is 2.74. The molecule has 3 rings (SSSR count). The summed E-state index contributed by atoms with van der Waals surface area (Å²) in [6, 6.07) is 5.12. The van der Waals surface area contributed by atoms with Crippen molar-refractivity contribution in [3.63, 3.8) is 0 Å². The Morgan fingerprint density at radius 1 is 1.37 bits per heavy atom. The molecule has 0 saturated heterocycles. The van der Waals surface area contributed by atoms with E-state index in [0.717, 1.165) is 36.1 Å². The zero-order valence-corrected chi connectivity index (χ0v) is 11.6. The molecular formula is C13H17N3O2S. The SMILES string of the molecule is CS(=O)(=O)c1ccc2nc(C3CCCC3N)[nH]c2c1. The molecule has 3 N–H and O–H groups in total. The Labute approximate surface area is 112 Å². The molecule has 0 amide bonds. The van der Waals surface area contributed by atoms with Crippen LogP contribution in [0.15, 0.2) is 23.1 Å². The molecule has 0 aliphatic heterocycles. The quantitative estimate of drug-likeness (QED) is 0.873. The Balaban J connectivity index is 2.06. The fourth-order valence-corrected chi connectivity index (χ4v) is 3.39. The Bertz CT molecular complexity index is 721. The first-order valence-electron chi connectivity index (χ1n) is 6.40. The average Bonchev–Trinajstić information content (AvgIpc) is 2.91. The van der Waals surface area contributed by atoms with Gasteiger partial charge in [-0.2, -0.15) is 0 Å². The Morgan fingerprint density at radius 2 is 2.16 bits per heavy atom. The molecule has 0 radical (unpaired) electrons. The number of aromatic amines is 1. The third-order valence-electron chi connectivity index (χ3n) is 3.82. The summed E-state index contributed by atoms with van der Waals surface area (Å²) in [7, 11) is -3.19. The number of aromatic nitrogens is 2. The second kappa shape index (κ2) is 4.31. The highest BCUT2D eigenvalue weighted by molar-refractivity contribution is 7.90. The minimum atomic E-state index is -3.19. The number of benzene rings is 1.